The number of aliphatic hydroxyl groups is 1. The molecule has 1 N–H and O–H groups in total. The molecule has 0 unspecified atom stereocenters. The van der Waals surface area contributed by atoms with Gasteiger partial charge in [-0.15, -0.1) is 0 Å². The van der Waals surface area contributed by atoms with E-state index in [1.165, 1.54) is 38.8 Å². The van der Waals surface area contributed by atoms with E-state index in [9.17, 15) is 5.11 Å². The number of nitrogens with zero attached hydrogens (tertiary/aromatic N) is 2. The van der Waals surface area contributed by atoms with Gasteiger partial charge in [0.15, 0.2) is 6.10 Å². The molecule has 2 rings (SSSR count). The third-order valence-electron chi connectivity index (χ3n) is 6.25. The zero-order valence-electron chi connectivity index (χ0n) is 14.1. The summed E-state index contributed by atoms with van der Waals surface area (Å²) < 4.78 is 2.11. The summed E-state index contributed by atoms with van der Waals surface area (Å²) in [6, 6.07) is 0. The molecule has 2 aliphatic rings. The summed E-state index contributed by atoms with van der Waals surface area (Å²) in [6.07, 6.45) is 5.60. The fourth-order valence-electron chi connectivity index (χ4n) is 4.68. The van der Waals surface area contributed by atoms with Crippen LogP contribution in [0.2, 0.25) is 0 Å². The van der Waals surface area contributed by atoms with Gasteiger partial charge in [-0.3, -0.25) is 0 Å². The first-order valence-electron chi connectivity index (χ1n) is 8.75. The van der Waals surface area contributed by atoms with Gasteiger partial charge in [0.05, 0.1) is 40.3 Å². The molecule has 0 bridgehead atoms. The second kappa shape index (κ2) is 6.33. The van der Waals surface area contributed by atoms with Crippen LogP contribution in [-0.4, -0.2) is 73.5 Å². The van der Waals surface area contributed by atoms with Gasteiger partial charge in [0.25, 0.3) is 0 Å². The maximum absolute atomic E-state index is 10.6. The lowest BCUT2D eigenvalue weighted by atomic mass is 9.82. The van der Waals surface area contributed by atoms with Crippen molar-refractivity contribution < 1.29 is 14.1 Å². The van der Waals surface area contributed by atoms with Gasteiger partial charge >= 0.3 is 0 Å². The highest BCUT2D eigenvalue weighted by Gasteiger charge is 2.44. The Kier molecular flexibility index (Phi) is 5.14. The number of likely N-dealkylation sites (tertiary alicyclic amines) is 1. The maximum Gasteiger partial charge on any atom is 0.152 e. The Balaban J connectivity index is 1.89. The minimum absolute atomic E-state index is 0.148. The summed E-state index contributed by atoms with van der Waals surface area (Å²) in [5, 5.41) is 10.6. The van der Waals surface area contributed by atoms with Gasteiger partial charge in [0.2, 0.25) is 0 Å². The van der Waals surface area contributed by atoms with Crippen LogP contribution in [-0.2, 0) is 0 Å². The van der Waals surface area contributed by atoms with Crippen molar-refractivity contribution in [3.63, 3.8) is 0 Å². The Labute approximate surface area is 125 Å². The first-order chi connectivity index (χ1) is 9.40. The lowest BCUT2D eigenvalue weighted by Crippen LogP contribution is -2.54. The number of hydrogen-bond acceptors (Lipinski definition) is 1. The topological polar surface area (TPSA) is 20.2 Å². The summed E-state index contributed by atoms with van der Waals surface area (Å²) in [5.41, 5.74) is 0. The van der Waals surface area contributed by atoms with Crippen molar-refractivity contribution in [1.82, 2.24) is 0 Å². The van der Waals surface area contributed by atoms with Crippen LogP contribution in [0.5, 0.6) is 0 Å². The minimum atomic E-state index is -0.148. The highest BCUT2D eigenvalue weighted by atomic mass is 16.3. The third-order valence-corrected chi connectivity index (χ3v) is 6.25. The number of quaternary nitrogens is 2. The van der Waals surface area contributed by atoms with E-state index < -0.39 is 0 Å². The van der Waals surface area contributed by atoms with E-state index in [1.54, 1.807) is 0 Å². The van der Waals surface area contributed by atoms with Gasteiger partial charge in [0, 0.05) is 11.8 Å². The van der Waals surface area contributed by atoms with Crippen LogP contribution >= 0.6 is 0 Å². The van der Waals surface area contributed by atoms with Crippen LogP contribution in [0.15, 0.2) is 0 Å². The smallest absolute Gasteiger partial charge is 0.152 e. The van der Waals surface area contributed by atoms with E-state index in [-0.39, 0.29) is 6.10 Å². The molecule has 1 saturated carbocycles. The van der Waals surface area contributed by atoms with E-state index in [1.807, 2.05) is 0 Å². The largest absolute Gasteiger partial charge is 0.382 e. The van der Waals surface area contributed by atoms with Gasteiger partial charge in [0.1, 0.15) is 13.1 Å². The molecule has 1 aliphatic heterocycles. The predicted octanol–water partition coefficient (Wildman–Crippen LogP) is 2.10. The lowest BCUT2D eigenvalue weighted by Gasteiger charge is -2.37. The standard InChI is InChI=1S/C17H36N2O/c1-5-18(3,6-2)13-17(20)14-19(4)11-15-9-7-8-10-16(15)12-19/h15-17,20H,5-14H2,1-4H3/q+2/t15-,16-,17-/m1/s1. The Hall–Kier alpha value is -0.120. The molecule has 2 fully saturated rings. The van der Waals surface area contributed by atoms with E-state index >= 15 is 0 Å². The second-order valence-electron chi connectivity index (χ2n) is 8.06. The zero-order chi connectivity index (χ0) is 14.8. The second-order valence-corrected chi connectivity index (χ2v) is 8.06. The van der Waals surface area contributed by atoms with Crippen molar-refractivity contribution in [2.45, 2.75) is 45.6 Å². The fourth-order valence-corrected chi connectivity index (χ4v) is 4.68. The predicted molar refractivity (Wildman–Crippen MR) is 84.4 cm³/mol. The summed E-state index contributed by atoms with van der Waals surface area (Å²) >= 11 is 0. The van der Waals surface area contributed by atoms with Crippen LogP contribution in [0, 0.1) is 11.8 Å². The monoisotopic (exact) mass is 284 g/mol. The molecule has 3 atom stereocenters. The molecular formula is C17H36N2O+2. The summed E-state index contributed by atoms with van der Waals surface area (Å²) in [4.78, 5) is 0. The fraction of sp³-hybridized carbons (Fsp3) is 1.00. The molecule has 0 aromatic rings. The molecular weight excluding hydrogens is 248 g/mol. The molecule has 3 nitrogen and oxygen atoms in total. The van der Waals surface area contributed by atoms with E-state index in [0.29, 0.717) is 0 Å². The van der Waals surface area contributed by atoms with Crippen molar-refractivity contribution in [2.75, 3.05) is 53.4 Å². The maximum atomic E-state index is 10.6. The van der Waals surface area contributed by atoms with Gasteiger partial charge in [-0.05, 0) is 26.7 Å². The third kappa shape index (κ3) is 3.75. The van der Waals surface area contributed by atoms with Gasteiger partial charge in [-0.25, -0.2) is 0 Å². The van der Waals surface area contributed by atoms with Crippen molar-refractivity contribution in [3.05, 3.63) is 0 Å². The van der Waals surface area contributed by atoms with Crippen molar-refractivity contribution in [2.24, 2.45) is 11.8 Å². The van der Waals surface area contributed by atoms with E-state index in [4.69, 9.17) is 0 Å². The SMILES string of the molecule is CC[N+](C)(CC)C[C@@H](O)C[N+]1(C)C[C@H]2CCCC[C@@H]2C1. The van der Waals surface area contributed by atoms with Gasteiger partial charge < -0.3 is 14.1 Å². The number of hydrogen-bond donors (Lipinski definition) is 1. The van der Waals surface area contributed by atoms with Crippen molar-refractivity contribution in [1.29, 1.82) is 0 Å². The zero-order valence-corrected chi connectivity index (χ0v) is 14.1. The molecule has 0 aromatic carbocycles. The number of fused-ring (bicyclic) bond motifs is 1. The molecule has 0 radical (unpaired) electrons. The molecule has 1 aliphatic carbocycles. The summed E-state index contributed by atoms with van der Waals surface area (Å²) in [6.45, 7) is 11.2. The van der Waals surface area contributed by atoms with E-state index in [0.717, 1.165) is 47.0 Å². The Morgan fingerprint density at radius 1 is 1.10 bits per heavy atom. The summed E-state index contributed by atoms with van der Waals surface area (Å²) in [7, 11) is 4.65. The summed E-state index contributed by atoms with van der Waals surface area (Å²) in [5.74, 6) is 1.89. The van der Waals surface area contributed by atoms with Crippen LogP contribution in [0.25, 0.3) is 0 Å². The lowest BCUT2D eigenvalue weighted by molar-refractivity contribution is -0.927. The molecule has 1 saturated heterocycles. The highest BCUT2D eigenvalue weighted by molar-refractivity contribution is 4.80. The van der Waals surface area contributed by atoms with Crippen LogP contribution in [0.1, 0.15) is 39.5 Å². The van der Waals surface area contributed by atoms with Gasteiger partial charge in [-0.2, -0.15) is 0 Å². The first kappa shape index (κ1) is 16.3. The number of likely N-dealkylation sites (N-methyl/N-ethyl adjacent to an activating group) is 2. The Morgan fingerprint density at radius 2 is 1.60 bits per heavy atom. The molecule has 3 heteroatoms. The highest BCUT2D eigenvalue weighted by Crippen LogP contribution is 2.39. The molecule has 0 aromatic heterocycles. The first-order valence-corrected chi connectivity index (χ1v) is 8.75. The molecule has 20 heavy (non-hydrogen) atoms. The van der Waals surface area contributed by atoms with Crippen LogP contribution in [0.3, 0.4) is 0 Å². The van der Waals surface area contributed by atoms with Crippen molar-refractivity contribution in [3.8, 4) is 0 Å². The quantitative estimate of drug-likeness (QED) is 0.741. The number of aliphatic hydroxyl groups excluding tert-OH is 1. The normalized spacial score (nSPS) is 31.1. The van der Waals surface area contributed by atoms with Crippen molar-refractivity contribution >= 4 is 0 Å². The van der Waals surface area contributed by atoms with E-state index in [2.05, 4.69) is 27.9 Å². The van der Waals surface area contributed by atoms with Gasteiger partial charge in [-0.1, -0.05) is 12.8 Å². The number of rotatable bonds is 6. The molecule has 0 amide bonds. The Bertz CT molecular complexity index is 300. The van der Waals surface area contributed by atoms with Crippen LogP contribution < -0.4 is 0 Å². The molecule has 0 spiro atoms. The average Bonchev–Trinajstić information content (AvgIpc) is 2.73. The average molecular weight is 284 g/mol. The molecule has 1 heterocycles. The minimum Gasteiger partial charge on any atom is -0.382 e. The Morgan fingerprint density at radius 3 is 2.05 bits per heavy atom. The molecule has 118 valence electrons. The van der Waals surface area contributed by atoms with Crippen LogP contribution in [0.4, 0.5) is 0 Å².